The van der Waals surface area contributed by atoms with E-state index in [1.807, 2.05) is 6.07 Å². The number of nitriles is 1. The summed E-state index contributed by atoms with van der Waals surface area (Å²) < 4.78 is 99.2. The number of allylic oxidation sites excluding steroid dienone is 2. The van der Waals surface area contributed by atoms with Gasteiger partial charge in [0, 0.05) is 34.9 Å². The fourth-order valence-electron chi connectivity index (χ4n) is 6.11. The summed E-state index contributed by atoms with van der Waals surface area (Å²) in [6.45, 7) is 8.91. The first-order chi connectivity index (χ1) is 30.3. The van der Waals surface area contributed by atoms with Gasteiger partial charge in [-0.3, -0.25) is 18.4 Å². The topological polar surface area (TPSA) is 170 Å². The van der Waals surface area contributed by atoms with Crippen molar-refractivity contribution < 1.29 is 59.8 Å². The minimum Gasteiger partial charge on any atom is -0.461 e. The van der Waals surface area contributed by atoms with E-state index in [1.165, 1.54) is 84.6 Å². The average Bonchev–Trinajstić information content (AvgIpc) is 3.78. The molecule has 0 amide bonds. The van der Waals surface area contributed by atoms with Crippen molar-refractivity contribution in [1.29, 1.82) is 5.26 Å². The number of hydrogen-bond donors (Lipinski definition) is 0. The van der Waals surface area contributed by atoms with Crippen LogP contribution in [0.5, 0.6) is 0 Å². The highest BCUT2D eigenvalue weighted by molar-refractivity contribution is 8.00. The van der Waals surface area contributed by atoms with Crippen molar-refractivity contribution in [3.05, 3.63) is 162 Å². The second-order valence-electron chi connectivity index (χ2n) is 13.7. The summed E-state index contributed by atoms with van der Waals surface area (Å²) in [4.78, 5) is 30.6. The first-order valence-corrected chi connectivity index (χ1v) is 21.6. The van der Waals surface area contributed by atoms with Gasteiger partial charge in [-0.2, -0.15) is 10.4 Å². The molecule has 4 aromatic rings. The summed E-state index contributed by atoms with van der Waals surface area (Å²) in [6, 6.07) is 13.3. The molecule has 0 spiro atoms. The van der Waals surface area contributed by atoms with Crippen molar-refractivity contribution in [1.82, 2.24) is 14.8 Å². The molecule has 2 heterocycles. The number of aromatic nitrogens is 3. The predicted octanol–water partition coefficient (Wildman–Crippen LogP) is 8.55. The zero-order chi connectivity index (χ0) is 45.4. The summed E-state index contributed by atoms with van der Waals surface area (Å²) in [5.41, 5.74) is -1.25. The Morgan fingerprint density at radius 1 is 1.02 bits per heavy atom. The van der Waals surface area contributed by atoms with E-state index in [1.54, 1.807) is 31.2 Å². The SMILES string of the molecule is C=CCOP(=O)(OCC=C)OCc1ccc(COC(C)=O)c(C(=O)O[C@@](Cn2cncn2)(c2ccc(F)cc2F)[C@@H](C)S[C@H]2CO[C@H](C=CC=Cc3ccc(C#N)cc3F)OC2)c1. The van der Waals surface area contributed by atoms with E-state index in [-0.39, 0.29) is 74.0 Å². The summed E-state index contributed by atoms with van der Waals surface area (Å²) >= 11 is 1.26. The van der Waals surface area contributed by atoms with Crippen LogP contribution in [-0.2, 0) is 67.2 Å². The summed E-state index contributed by atoms with van der Waals surface area (Å²) in [7, 11) is -4.14. The predicted molar refractivity (Wildman–Crippen MR) is 226 cm³/mol. The molecule has 5 rings (SSSR count). The van der Waals surface area contributed by atoms with Crippen LogP contribution < -0.4 is 0 Å². The van der Waals surface area contributed by atoms with E-state index in [2.05, 4.69) is 23.2 Å². The van der Waals surface area contributed by atoms with Gasteiger partial charge in [-0.05, 0) is 48.9 Å². The first-order valence-electron chi connectivity index (χ1n) is 19.2. The lowest BCUT2D eigenvalue weighted by molar-refractivity contribution is -0.146. The van der Waals surface area contributed by atoms with Crippen LogP contribution in [0.3, 0.4) is 0 Å². The van der Waals surface area contributed by atoms with E-state index < -0.39 is 59.6 Å². The molecule has 3 aromatic carbocycles. The highest BCUT2D eigenvalue weighted by Crippen LogP contribution is 2.50. The number of benzene rings is 3. The molecule has 0 N–H and O–H groups in total. The number of phosphoric acid groups is 1. The second-order valence-corrected chi connectivity index (χ2v) is 17.0. The highest BCUT2D eigenvalue weighted by Gasteiger charge is 2.47. The minimum atomic E-state index is -4.14. The normalized spacial score (nSPS) is 16.9. The Balaban J connectivity index is 1.43. The molecule has 0 aliphatic carbocycles. The Morgan fingerprint density at radius 2 is 1.76 bits per heavy atom. The number of carbonyl (C=O) groups is 2. The van der Waals surface area contributed by atoms with Crippen LogP contribution in [0.1, 0.15) is 52.0 Å². The third kappa shape index (κ3) is 13.7. The Hall–Kier alpha value is -5.64. The van der Waals surface area contributed by atoms with Gasteiger partial charge >= 0.3 is 19.8 Å². The summed E-state index contributed by atoms with van der Waals surface area (Å²) in [5.74, 6) is -4.06. The monoisotopic (exact) mass is 908 g/mol. The first kappa shape index (κ1) is 48.4. The number of rotatable bonds is 22. The van der Waals surface area contributed by atoms with Crippen molar-refractivity contribution in [3.8, 4) is 6.07 Å². The van der Waals surface area contributed by atoms with Crippen LogP contribution in [0.4, 0.5) is 13.2 Å². The molecular formula is C44H44F3N4O10PS. The molecule has 14 nitrogen and oxygen atoms in total. The molecular weight excluding hydrogens is 865 g/mol. The van der Waals surface area contributed by atoms with Gasteiger partial charge in [0.15, 0.2) is 11.9 Å². The van der Waals surface area contributed by atoms with Crippen molar-refractivity contribution in [2.75, 3.05) is 26.4 Å². The second kappa shape index (κ2) is 23.2. The van der Waals surface area contributed by atoms with Crippen molar-refractivity contribution in [2.45, 2.75) is 56.0 Å². The standard InChI is InChI=1S/C44H44F3N4O10PS/c1-5-17-58-62(54,59-18-6-2)60-23-33-12-14-35(24-55-31(4)52)38(19-33)43(53)61-44(27-51-29-49-28-50-51,39-16-15-36(45)21-41(39)47)30(3)63-37-25-56-42(57-26-37)10-8-7-9-34-13-11-32(22-48)20-40(34)46/h5-16,19-21,28-30,37,42H,1-2,17-18,23-27H2,3-4H3/t30-,37-,42-,44-/m1/s1. The van der Waals surface area contributed by atoms with Gasteiger partial charge in [-0.1, -0.05) is 48.6 Å². The fraction of sp³-hybridized carbons (Fsp3) is 0.295. The van der Waals surface area contributed by atoms with E-state index >= 15 is 4.39 Å². The van der Waals surface area contributed by atoms with Crippen LogP contribution in [0.15, 0.2) is 111 Å². The molecule has 1 fully saturated rings. The molecule has 19 heteroatoms. The molecule has 332 valence electrons. The molecule has 1 saturated heterocycles. The molecule has 0 saturated carbocycles. The molecule has 1 aliphatic heterocycles. The molecule has 1 aromatic heterocycles. The quantitative estimate of drug-likeness (QED) is 0.0318. The Bertz CT molecular complexity index is 2370. The van der Waals surface area contributed by atoms with Crippen LogP contribution in [0.2, 0.25) is 0 Å². The van der Waals surface area contributed by atoms with Gasteiger partial charge in [0.1, 0.15) is 36.7 Å². The van der Waals surface area contributed by atoms with Crippen LogP contribution >= 0.6 is 19.6 Å². The summed E-state index contributed by atoms with van der Waals surface area (Å²) in [6.07, 6.45) is 10.9. The maximum Gasteiger partial charge on any atom is 0.475 e. The van der Waals surface area contributed by atoms with Crippen LogP contribution in [0.25, 0.3) is 6.08 Å². The number of nitrogens with zero attached hydrogens (tertiary/aromatic N) is 4. The number of phosphoric ester groups is 1. The number of ether oxygens (including phenoxy) is 4. The van der Waals surface area contributed by atoms with E-state index in [0.29, 0.717) is 11.6 Å². The number of hydrogen-bond acceptors (Lipinski definition) is 14. The number of thioether (sulfide) groups is 1. The van der Waals surface area contributed by atoms with Crippen molar-refractivity contribution >= 4 is 37.6 Å². The largest absolute Gasteiger partial charge is 0.475 e. The van der Waals surface area contributed by atoms with Crippen LogP contribution in [0, 0.1) is 28.8 Å². The lowest BCUT2D eigenvalue weighted by Crippen LogP contribution is -2.47. The van der Waals surface area contributed by atoms with Crippen LogP contribution in [-0.4, -0.2) is 69.9 Å². The third-order valence-corrected chi connectivity index (χ3v) is 12.0. The number of esters is 2. The number of carbonyl (C=O) groups excluding carboxylic acids is 2. The Morgan fingerprint density at radius 3 is 2.40 bits per heavy atom. The average molecular weight is 909 g/mol. The number of halogens is 3. The zero-order valence-corrected chi connectivity index (χ0v) is 36.0. The molecule has 0 radical (unpaired) electrons. The maximum atomic E-state index is 16.2. The Kier molecular flexibility index (Phi) is 17.8. The van der Waals surface area contributed by atoms with Gasteiger partial charge in [0.2, 0.25) is 0 Å². The van der Waals surface area contributed by atoms with Gasteiger partial charge < -0.3 is 18.9 Å². The zero-order valence-electron chi connectivity index (χ0n) is 34.3. The molecule has 63 heavy (non-hydrogen) atoms. The van der Waals surface area contributed by atoms with Crippen molar-refractivity contribution in [3.63, 3.8) is 0 Å². The van der Waals surface area contributed by atoms with Gasteiger partial charge in [0.05, 0.1) is 62.0 Å². The molecule has 2 atom stereocenters. The lowest BCUT2D eigenvalue weighted by atomic mass is 9.89. The van der Waals surface area contributed by atoms with E-state index in [9.17, 15) is 22.9 Å². The fourth-order valence-corrected chi connectivity index (χ4v) is 8.58. The van der Waals surface area contributed by atoms with Gasteiger partial charge in [-0.25, -0.2) is 32.2 Å². The maximum absolute atomic E-state index is 16.2. The van der Waals surface area contributed by atoms with E-state index in [4.69, 9.17) is 37.8 Å². The van der Waals surface area contributed by atoms with E-state index in [0.717, 1.165) is 12.1 Å². The molecule has 1 aliphatic rings. The van der Waals surface area contributed by atoms with Gasteiger partial charge in [-0.15, -0.1) is 24.9 Å². The summed E-state index contributed by atoms with van der Waals surface area (Å²) in [5, 5.41) is 12.0. The lowest BCUT2D eigenvalue weighted by Gasteiger charge is -2.40. The van der Waals surface area contributed by atoms with Gasteiger partial charge in [0.25, 0.3) is 0 Å². The Labute approximate surface area is 366 Å². The third-order valence-electron chi connectivity index (χ3n) is 9.17. The molecule has 0 unspecified atom stereocenters. The minimum absolute atomic E-state index is 0.121. The molecule has 0 bridgehead atoms. The smallest absolute Gasteiger partial charge is 0.461 e. The van der Waals surface area contributed by atoms with Crippen molar-refractivity contribution in [2.24, 2.45) is 0 Å². The highest BCUT2D eigenvalue weighted by atomic mass is 32.2.